The van der Waals surface area contributed by atoms with Crippen molar-refractivity contribution in [3.63, 3.8) is 0 Å². The van der Waals surface area contributed by atoms with Crippen LogP contribution in [0, 0.1) is 0 Å². The summed E-state index contributed by atoms with van der Waals surface area (Å²) < 4.78 is 65.4. The van der Waals surface area contributed by atoms with Crippen molar-refractivity contribution in [3.05, 3.63) is 60.2 Å². The van der Waals surface area contributed by atoms with Gasteiger partial charge < -0.3 is 5.32 Å². The van der Waals surface area contributed by atoms with Crippen LogP contribution in [0.3, 0.4) is 0 Å². The van der Waals surface area contributed by atoms with Crippen molar-refractivity contribution in [2.24, 2.45) is 0 Å². The molecule has 3 rings (SSSR count). The van der Waals surface area contributed by atoms with Crippen molar-refractivity contribution in [3.8, 4) is 0 Å². The molecule has 0 unspecified atom stereocenters. The number of carbonyl (C=O) groups is 1. The van der Waals surface area contributed by atoms with E-state index in [2.05, 4.69) is 10.0 Å². The molecule has 0 atom stereocenters. The van der Waals surface area contributed by atoms with E-state index in [1.54, 1.807) is 12.1 Å². The Labute approximate surface area is 173 Å². The van der Waals surface area contributed by atoms with Crippen LogP contribution < -0.4 is 10.0 Å². The maximum Gasteiger partial charge on any atom is 0.416 e. The highest BCUT2D eigenvalue weighted by Crippen LogP contribution is 2.29. The summed E-state index contributed by atoms with van der Waals surface area (Å²) >= 11 is 0. The Morgan fingerprint density at radius 1 is 1.00 bits per heavy atom. The van der Waals surface area contributed by atoms with Gasteiger partial charge in [0.2, 0.25) is 15.9 Å². The number of nitrogens with zero attached hydrogens (tertiary/aromatic N) is 1. The van der Waals surface area contributed by atoms with E-state index in [1.165, 1.54) is 0 Å². The molecule has 6 nitrogen and oxygen atoms in total. The van der Waals surface area contributed by atoms with Gasteiger partial charge in [0, 0.05) is 24.8 Å². The Morgan fingerprint density at radius 2 is 1.60 bits per heavy atom. The van der Waals surface area contributed by atoms with Crippen molar-refractivity contribution < 1.29 is 26.4 Å². The largest absolute Gasteiger partial charge is 0.416 e. The van der Waals surface area contributed by atoms with Crippen molar-refractivity contribution in [1.82, 2.24) is 9.62 Å². The Balaban J connectivity index is 1.49. The number of hydrogen-bond donors (Lipinski definition) is 2. The van der Waals surface area contributed by atoms with Crippen LogP contribution >= 0.6 is 0 Å². The maximum atomic E-state index is 12.6. The van der Waals surface area contributed by atoms with Crippen LogP contribution in [0.25, 0.3) is 0 Å². The summed E-state index contributed by atoms with van der Waals surface area (Å²) in [6, 6.07) is 12.2. The predicted molar refractivity (Wildman–Crippen MR) is 106 cm³/mol. The second-order valence-electron chi connectivity index (χ2n) is 7.11. The molecule has 0 aromatic heterocycles. The molecule has 1 heterocycles. The number of sulfonamides is 1. The summed E-state index contributed by atoms with van der Waals surface area (Å²) in [4.78, 5) is 13.9. The fraction of sp³-hybridized carbons (Fsp3) is 0.350. The first-order valence-electron chi connectivity index (χ1n) is 9.40. The summed E-state index contributed by atoms with van der Waals surface area (Å²) in [5, 5.41) is 2.80. The summed E-state index contributed by atoms with van der Waals surface area (Å²) in [6.07, 6.45) is -3.52. The van der Waals surface area contributed by atoms with Crippen molar-refractivity contribution in [2.75, 3.05) is 25.0 Å². The third-order valence-corrected chi connectivity index (χ3v) is 6.36. The smallest absolute Gasteiger partial charge is 0.325 e. The molecule has 0 saturated carbocycles. The normalized spacial score (nSPS) is 16.4. The molecule has 30 heavy (non-hydrogen) atoms. The molecule has 0 radical (unpaired) electrons. The van der Waals surface area contributed by atoms with Crippen LogP contribution in [0.4, 0.5) is 18.9 Å². The van der Waals surface area contributed by atoms with Gasteiger partial charge in [0.15, 0.2) is 0 Å². The molecule has 0 spiro atoms. The Hall–Kier alpha value is -2.43. The van der Waals surface area contributed by atoms with Gasteiger partial charge in [0.05, 0.1) is 17.0 Å². The molecule has 1 aliphatic rings. The van der Waals surface area contributed by atoms with Gasteiger partial charge in [-0.1, -0.05) is 18.2 Å². The van der Waals surface area contributed by atoms with E-state index in [-0.39, 0.29) is 23.4 Å². The zero-order chi connectivity index (χ0) is 21.8. The van der Waals surface area contributed by atoms with Gasteiger partial charge in [0.1, 0.15) is 0 Å². The Morgan fingerprint density at radius 3 is 2.17 bits per heavy atom. The lowest BCUT2D eigenvalue weighted by atomic mass is 10.1. The van der Waals surface area contributed by atoms with Crippen LogP contribution in [-0.2, 0) is 21.0 Å². The molecule has 0 bridgehead atoms. The molecule has 162 valence electrons. The number of piperidine rings is 1. The van der Waals surface area contributed by atoms with Gasteiger partial charge in [-0.25, -0.2) is 13.1 Å². The lowest BCUT2D eigenvalue weighted by Crippen LogP contribution is -2.46. The molecule has 2 aromatic carbocycles. The molecule has 1 amide bonds. The SMILES string of the molecule is O=C(CN1CCC(NS(=O)(=O)c2ccc(C(F)(F)F)cc2)CC1)Nc1ccccc1. The number of anilines is 1. The van der Waals surface area contributed by atoms with Gasteiger partial charge in [-0.2, -0.15) is 13.2 Å². The highest BCUT2D eigenvalue weighted by molar-refractivity contribution is 7.89. The van der Waals surface area contributed by atoms with Crippen molar-refractivity contribution in [2.45, 2.75) is 30.0 Å². The standard InChI is InChI=1S/C20H22F3N3O3S/c21-20(22,23)15-6-8-18(9-7-15)30(28,29)25-17-10-12-26(13-11-17)14-19(27)24-16-4-2-1-3-5-16/h1-9,17,25H,10-14H2,(H,24,27). The highest BCUT2D eigenvalue weighted by Gasteiger charge is 2.31. The fourth-order valence-corrected chi connectivity index (χ4v) is 4.55. The number of likely N-dealkylation sites (tertiary alicyclic amines) is 1. The lowest BCUT2D eigenvalue weighted by molar-refractivity contribution is -0.137. The second kappa shape index (κ2) is 9.15. The van der Waals surface area contributed by atoms with Gasteiger partial charge in [0.25, 0.3) is 0 Å². The number of alkyl halides is 3. The first-order valence-corrected chi connectivity index (χ1v) is 10.9. The minimum absolute atomic E-state index is 0.148. The molecule has 2 N–H and O–H groups in total. The summed E-state index contributed by atoms with van der Waals surface area (Å²) in [5.41, 5.74) is -0.190. The lowest BCUT2D eigenvalue weighted by Gasteiger charge is -2.31. The average Bonchev–Trinajstić information content (AvgIpc) is 2.69. The molecule has 10 heteroatoms. The summed E-state index contributed by atoms with van der Waals surface area (Å²) in [5.74, 6) is -0.148. The van der Waals surface area contributed by atoms with Gasteiger partial charge in [-0.15, -0.1) is 0 Å². The first-order chi connectivity index (χ1) is 14.1. The van der Waals surface area contributed by atoms with Crippen LogP contribution in [-0.4, -0.2) is 44.9 Å². The quantitative estimate of drug-likeness (QED) is 0.722. The monoisotopic (exact) mass is 441 g/mol. The Kier molecular flexibility index (Phi) is 6.79. The molecular formula is C20H22F3N3O3S. The first kappa shape index (κ1) is 22.3. The van der Waals surface area contributed by atoms with Crippen LogP contribution in [0.5, 0.6) is 0 Å². The van der Waals surface area contributed by atoms with Gasteiger partial charge >= 0.3 is 6.18 Å². The molecule has 1 fully saturated rings. The second-order valence-corrected chi connectivity index (χ2v) is 8.82. The van der Waals surface area contributed by atoms with E-state index in [0.29, 0.717) is 31.6 Å². The number of amides is 1. The van der Waals surface area contributed by atoms with E-state index in [9.17, 15) is 26.4 Å². The fourth-order valence-electron chi connectivity index (χ4n) is 3.24. The summed E-state index contributed by atoms with van der Waals surface area (Å²) in [6.45, 7) is 1.26. The highest BCUT2D eigenvalue weighted by atomic mass is 32.2. The van der Waals surface area contributed by atoms with E-state index in [0.717, 1.165) is 24.3 Å². The van der Waals surface area contributed by atoms with Crippen LogP contribution in [0.2, 0.25) is 0 Å². The van der Waals surface area contributed by atoms with Crippen LogP contribution in [0.15, 0.2) is 59.5 Å². The minimum Gasteiger partial charge on any atom is -0.325 e. The number of halogens is 3. The topological polar surface area (TPSA) is 78.5 Å². The minimum atomic E-state index is -4.52. The molecular weight excluding hydrogens is 419 g/mol. The number of hydrogen-bond acceptors (Lipinski definition) is 4. The van der Waals surface area contributed by atoms with Crippen molar-refractivity contribution in [1.29, 1.82) is 0 Å². The van der Waals surface area contributed by atoms with Crippen molar-refractivity contribution >= 4 is 21.6 Å². The average molecular weight is 441 g/mol. The van der Waals surface area contributed by atoms with Gasteiger partial charge in [-0.05, 0) is 49.2 Å². The summed E-state index contributed by atoms with van der Waals surface area (Å²) in [7, 11) is -3.92. The number of benzene rings is 2. The zero-order valence-electron chi connectivity index (χ0n) is 16.0. The zero-order valence-corrected chi connectivity index (χ0v) is 16.8. The molecule has 1 aliphatic heterocycles. The predicted octanol–water partition coefficient (Wildman–Crippen LogP) is 3.09. The van der Waals surface area contributed by atoms with E-state index < -0.39 is 21.8 Å². The van der Waals surface area contributed by atoms with E-state index >= 15 is 0 Å². The molecule has 2 aromatic rings. The van der Waals surface area contributed by atoms with E-state index in [4.69, 9.17) is 0 Å². The molecule has 1 saturated heterocycles. The van der Waals surface area contributed by atoms with Gasteiger partial charge in [-0.3, -0.25) is 9.69 Å². The number of rotatable bonds is 6. The van der Waals surface area contributed by atoms with E-state index in [1.807, 2.05) is 23.1 Å². The molecule has 0 aliphatic carbocycles. The van der Waals surface area contributed by atoms with Crippen LogP contribution in [0.1, 0.15) is 18.4 Å². The Bertz CT molecular complexity index is 956. The maximum absolute atomic E-state index is 12.6. The third-order valence-electron chi connectivity index (χ3n) is 4.83. The number of nitrogens with one attached hydrogen (secondary N) is 2. The number of para-hydroxylation sites is 1. The number of carbonyl (C=O) groups excluding carboxylic acids is 1. The third kappa shape index (κ3) is 6.04.